The van der Waals surface area contributed by atoms with E-state index in [1.54, 1.807) is 24.3 Å². The highest BCUT2D eigenvalue weighted by Gasteiger charge is 2.34. The van der Waals surface area contributed by atoms with Crippen LogP contribution in [0.15, 0.2) is 35.2 Å². The van der Waals surface area contributed by atoms with Gasteiger partial charge in [-0.2, -0.15) is 0 Å². The van der Waals surface area contributed by atoms with Crippen molar-refractivity contribution in [3.05, 3.63) is 30.3 Å². The monoisotopic (exact) mass is 338 g/mol. The van der Waals surface area contributed by atoms with Crippen molar-refractivity contribution in [3.8, 4) is 0 Å². The molecule has 2 N–H and O–H groups in total. The van der Waals surface area contributed by atoms with Gasteiger partial charge in [0.05, 0.1) is 11.0 Å². The lowest BCUT2D eigenvalue weighted by Gasteiger charge is -2.42. The molecule has 2 fully saturated rings. The standard InChI is InChI=1S/C17H26N2O3S/c20-14-10-12-19(13-11-14)17-9-5-4-8-16(17)18-23(21,22)15-6-2-1-3-7-15/h1-3,6-7,14,16-18,20H,4-5,8-13H2/t16-,17+/m0/s1. The van der Waals surface area contributed by atoms with Crippen LogP contribution in [0.5, 0.6) is 0 Å². The summed E-state index contributed by atoms with van der Waals surface area (Å²) in [5.74, 6) is 0. The van der Waals surface area contributed by atoms with Gasteiger partial charge in [-0.3, -0.25) is 4.90 Å². The second-order valence-corrected chi connectivity index (χ2v) is 8.37. The first-order chi connectivity index (χ1) is 11.1. The first-order valence-electron chi connectivity index (χ1n) is 8.56. The molecule has 0 bridgehead atoms. The lowest BCUT2D eigenvalue weighted by atomic mass is 9.88. The van der Waals surface area contributed by atoms with Gasteiger partial charge in [-0.15, -0.1) is 0 Å². The van der Waals surface area contributed by atoms with E-state index in [4.69, 9.17) is 0 Å². The van der Waals surface area contributed by atoms with Gasteiger partial charge in [0.25, 0.3) is 0 Å². The van der Waals surface area contributed by atoms with Crippen LogP contribution < -0.4 is 4.72 Å². The smallest absolute Gasteiger partial charge is 0.240 e. The molecular weight excluding hydrogens is 312 g/mol. The second kappa shape index (κ2) is 7.30. The summed E-state index contributed by atoms with van der Waals surface area (Å²) < 4.78 is 28.2. The van der Waals surface area contributed by atoms with Crippen LogP contribution in [0.3, 0.4) is 0 Å². The molecule has 1 aromatic rings. The summed E-state index contributed by atoms with van der Waals surface area (Å²) in [6.45, 7) is 1.71. The van der Waals surface area contributed by atoms with Gasteiger partial charge in [-0.25, -0.2) is 13.1 Å². The van der Waals surface area contributed by atoms with Crippen molar-refractivity contribution in [2.45, 2.75) is 61.6 Å². The van der Waals surface area contributed by atoms with Gasteiger partial charge in [0.15, 0.2) is 0 Å². The molecule has 0 aromatic heterocycles. The topological polar surface area (TPSA) is 69.6 Å². The summed E-state index contributed by atoms with van der Waals surface area (Å²) in [6.07, 6.45) is 5.49. The molecule has 1 aliphatic heterocycles. The zero-order valence-corrected chi connectivity index (χ0v) is 14.2. The Morgan fingerprint density at radius 3 is 2.35 bits per heavy atom. The molecule has 0 unspecified atom stereocenters. The second-order valence-electron chi connectivity index (χ2n) is 6.66. The van der Waals surface area contributed by atoms with Crippen molar-refractivity contribution in [1.82, 2.24) is 9.62 Å². The summed E-state index contributed by atoms with van der Waals surface area (Å²) in [5, 5.41) is 9.69. The molecule has 1 heterocycles. The number of aliphatic hydroxyl groups excluding tert-OH is 1. The Bertz CT molecular complexity index is 598. The maximum Gasteiger partial charge on any atom is 0.240 e. The lowest BCUT2D eigenvalue weighted by molar-refractivity contribution is 0.0420. The number of nitrogens with zero attached hydrogens (tertiary/aromatic N) is 1. The van der Waals surface area contributed by atoms with Crippen molar-refractivity contribution in [2.24, 2.45) is 0 Å². The summed E-state index contributed by atoms with van der Waals surface area (Å²) in [4.78, 5) is 2.70. The number of piperidine rings is 1. The highest BCUT2D eigenvalue weighted by molar-refractivity contribution is 7.89. The summed E-state index contributed by atoms with van der Waals surface area (Å²) in [7, 11) is -3.47. The Hall–Kier alpha value is -0.950. The molecule has 0 amide bonds. The molecule has 3 rings (SSSR count). The van der Waals surface area contributed by atoms with E-state index < -0.39 is 10.0 Å². The van der Waals surface area contributed by atoms with Crippen LogP contribution in [0.1, 0.15) is 38.5 Å². The van der Waals surface area contributed by atoms with Crippen LogP contribution in [0.4, 0.5) is 0 Å². The van der Waals surface area contributed by atoms with Gasteiger partial charge >= 0.3 is 0 Å². The van der Waals surface area contributed by atoms with E-state index in [1.165, 1.54) is 0 Å². The van der Waals surface area contributed by atoms with Crippen molar-refractivity contribution >= 4 is 10.0 Å². The van der Waals surface area contributed by atoms with Crippen molar-refractivity contribution in [1.29, 1.82) is 0 Å². The predicted octanol–water partition coefficient (Wildman–Crippen LogP) is 1.73. The minimum Gasteiger partial charge on any atom is -0.393 e. The van der Waals surface area contributed by atoms with E-state index in [9.17, 15) is 13.5 Å². The van der Waals surface area contributed by atoms with Gasteiger partial charge in [0, 0.05) is 25.2 Å². The number of hydrogen-bond acceptors (Lipinski definition) is 4. The summed E-state index contributed by atoms with van der Waals surface area (Å²) in [6, 6.07) is 8.80. The van der Waals surface area contributed by atoms with Crippen molar-refractivity contribution in [2.75, 3.05) is 13.1 Å². The first kappa shape index (κ1) is 16.9. The molecule has 128 valence electrons. The molecule has 0 radical (unpaired) electrons. The Morgan fingerprint density at radius 2 is 1.65 bits per heavy atom. The molecule has 2 atom stereocenters. The Kier molecular flexibility index (Phi) is 5.36. The highest BCUT2D eigenvalue weighted by atomic mass is 32.2. The molecule has 1 saturated carbocycles. The number of benzene rings is 1. The fourth-order valence-electron chi connectivity index (χ4n) is 3.77. The van der Waals surface area contributed by atoms with E-state index in [-0.39, 0.29) is 18.2 Å². The number of likely N-dealkylation sites (tertiary alicyclic amines) is 1. The maximum absolute atomic E-state index is 12.6. The molecule has 1 aromatic carbocycles. The van der Waals surface area contributed by atoms with Crippen molar-refractivity contribution in [3.63, 3.8) is 0 Å². The fourth-order valence-corrected chi connectivity index (χ4v) is 5.10. The van der Waals surface area contributed by atoms with Crippen molar-refractivity contribution < 1.29 is 13.5 Å². The normalized spacial score (nSPS) is 27.9. The number of hydrogen-bond donors (Lipinski definition) is 2. The number of sulfonamides is 1. The Balaban J connectivity index is 1.72. The Labute approximate surface area is 138 Å². The molecule has 6 heteroatoms. The Morgan fingerprint density at radius 1 is 1.00 bits per heavy atom. The predicted molar refractivity (Wildman–Crippen MR) is 89.6 cm³/mol. The largest absolute Gasteiger partial charge is 0.393 e. The molecule has 0 spiro atoms. The van der Waals surface area contributed by atoms with Crippen LogP contribution in [0.25, 0.3) is 0 Å². The SMILES string of the molecule is O=S(=O)(N[C@H]1CCCC[C@H]1N1CCC(O)CC1)c1ccccc1. The third kappa shape index (κ3) is 4.12. The van der Waals surface area contributed by atoms with Gasteiger partial charge < -0.3 is 5.11 Å². The van der Waals surface area contributed by atoms with Crippen LogP contribution in [-0.4, -0.2) is 49.7 Å². The minimum absolute atomic E-state index is 0.0378. The van der Waals surface area contributed by atoms with Gasteiger partial charge in [0.1, 0.15) is 0 Å². The van der Waals surface area contributed by atoms with Gasteiger partial charge in [-0.1, -0.05) is 31.0 Å². The lowest BCUT2D eigenvalue weighted by Crippen LogP contribution is -2.55. The highest BCUT2D eigenvalue weighted by Crippen LogP contribution is 2.27. The zero-order valence-electron chi connectivity index (χ0n) is 13.4. The maximum atomic E-state index is 12.6. The average Bonchev–Trinajstić information content (AvgIpc) is 2.57. The fraction of sp³-hybridized carbons (Fsp3) is 0.647. The summed E-state index contributed by atoms with van der Waals surface area (Å²) >= 11 is 0. The molecule has 1 saturated heterocycles. The quantitative estimate of drug-likeness (QED) is 0.877. The van der Waals surface area contributed by atoms with E-state index in [1.807, 2.05) is 6.07 Å². The van der Waals surface area contributed by atoms with E-state index >= 15 is 0 Å². The van der Waals surface area contributed by atoms with Crippen LogP contribution in [0.2, 0.25) is 0 Å². The van der Waals surface area contributed by atoms with E-state index in [0.29, 0.717) is 4.90 Å². The average molecular weight is 338 g/mol. The molecule has 1 aliphatic carbocycles. The van der Waals surface area contributed by atoms with E-state index in [2.05, 4.69) is 9.62 Å². The summed E-state index contributed by atoms with van der Waals surface area (Å²) in [5.41, 5.74) is 0. The van der Waals surface area contributed by atoms with Gasteiger partial charge in [-0.05, 0) is 37.8 Å². The molecular formula is C17H26N2O3S. The number of nitrogens with one attached hydrogen (secondary N) is 1. The van der Waals surface area contributed by atoms with Crippen LogP contribution in [-0.2, 0) is 10.0 Å². The zero-order chi connectivity index (χ0) is 16.3. The van der Waals surface area contributed by atoms with Crippen LogP contribution >= 0.6 is 0 Å². The number of rotatable bonds is 4. The number of aliphatic hydroxyl groups is 1. The minimum atomic E-state index is -3.47. The van der Waals surface area contributed by atoms with Crippen LogP contribution in [0, 0.1) is 0 Å². The molecule has 2 aliphatic rings. The van der Waals surface area contributed by atoms with E-state index in [0.717, 1.165) is 51.6 Å². The molecule has 23 heavy (non-hydrogen) atoms. The van der Waals surface area contributed by atoms with Gasteiger partial charge in [0.2, 0.25) is 10.0 Å². The third-order valence-corrected chi connectivity index (χ3v) is 6.56. The first-order valence-corrected chi connectivity index (χ1v) is 10.0. The molecule has 5 nitrogen and oxygen atoms in total. The third-order valence-electron chi connectivity index (χ3n) is 5.06.